The fraction of sp³-hybridized carbons (Fsp3) is 0.167. The van der Waals surface area contributed by atoms with Crippen LogP contribution in [0.1, 0.15) is 25.0 Å². The van der Waals surface area contributed by atoms with Crippen molar-refractivity contribution >= 4 is 31.1 Å². The summed E-state index contributed by atoms with van der Waals surface area (Å²) in [6.07, 6.45) is 2.20. The minimum atomic E-state index is -2.77. The number of benzene rings is 4. The molecule has 0 unspecified atom stereocenters. The standard InChI is InChI=1S/2C17H15.C2H6Si.2FH.Zr/c2*1-2-13-11-15-9-6-10-16(17(15)12-13)14-7-4-3-5-8-14;1-3-2;;;/h2*3-12H,2H2,1H3;1-2H3;2*1H;/q2*-1;;;;+4/p-2. The third kappa shape index (κ3) is 8.53. The summed E-state index contributed by atoms with van der Waals surface area (Å²) in [5, 5.41) is 5.44. The Morgan fingerprint density at radius 2 is 0.925 bits per heavy atom. The number of rotatable bonds is 4. The molecule has 4 heteroatoms. The van der Waals surface area contributed by atoms with Crippen molar-refractivity contribution in [3.05, 3.63) is 132 Å². The van der Waals surface area contributed by atoms with Gasteiger partial charge in [0.1, 0.15) is 0 Å². The van der Waals surface area contributed by atoms with Crippen molar-refractivity contribution in [1.29, 1.82) is 0 Å². The summed E-state index contributed by atoms with van der Waals surface area (Å²) < 4.78 is 19.6. The third-order valence-electron chi connectivity index (χ3n) is 6.61. The molecule has 0 saturated carbocycles. The predicted molar refractivity (Wildman–Crippen MR) is 168 cm³/mol. The maximum atomic E-state index is 9.80. The summed E-state index contributed by atoms with van der Waals surface area (Å²) in [7, 11) is 1.08. The zero-order valence-corrected chi connectivity index (χ0v) is 27.2. The Bertz CT molecular complexity index is 1430. The normalized spacial score (nSPS) is 9.95. The summed E-state index contributed by atoms with van der Waals surface area (Å²) >= 11 is -2.77. The molecule has 202 valence electrons. The van der Waals surface area contributed by atoms with E-state index in [1.165, 1.54) is 54.9 Å². The van der Waals surface area contributed by atoms with Gasteiger partial charge in [0.25, 0.3) is 0 Å². The zero-order chi connectivity index (χ0) is 28.7. The Balaban J connectivity index is 0.000000185. The van der Waals surface area contributed by atoms with Crippen molar-refractivity contribution in [3.63, 3.8) is 0 Å². The molecule has 2 radical (unpaired) electrons. The van der Waals surface area contributed by atoms with Crippen molar-refractivity contribution in [2.45, 2.75) is 39.8 Å². The van der Waals surface area contributed by atoms with Gasteiger partial charge in [-0.2, -0.15) is 12.1 Å². The van der Waals surface area contributed by atoms with Crippen LogP contribution in [0.5, 0.6) is 0 Å². The van der Waals surface area contributed by atoms with Gasteiger partial charge in [-0.05, 0) is 24.0 Å². The second-order valence-electron chi connectivity index (χ2n) is 9.35. The molecule has 0 atom stereocenters. The summed E-state index contributed by atoms with van der Waals surface area (Å²) in [6, 6.07) is 43.5. The second kappa shape index (κ2) is 17.0. The second-order valence-corrected chi connectivity index (χ2v) is 10.7. The molecule has 40 heavy (non-hydrogen) atoms. The first-order chi connectivity index (χ1) is 19.6. The monoisotopic (exact) mass is 624 g/mol. The van der Waals surface area contributed by atoms with E-state index in [-0.39, 0.29) is 0 Å². The number of halogens is 2. The first-order valence-corrected chi connectivity index (χ1v) is 17.5. The van der Waals surface area contributed by atoms with Gasteiger partial charge in [-0.3, -0.25) is 0 Å². The van der Waals surface area contributed by atoms with Crippen molar-refractivity contribution in [3.8, 4) is 22.3 Å². The average Bonchev–Trinajstić information content (AvgIpc) is 3.63. The quantitative estimate of drug-likeness (QED) is 0.135. The molecule has 0 N–H and O–H groups in total. The molecule has 0 spiro atoms. The first kappa shape index (κ1) is 31.6. The molecule has 6 rings (SSSR count). The topological polar surface area (TPSA) is 0 Å². The molecular formula is C36H36F2SiZr. The molecule has 6 aromatic carbocycles. The van der Waals surface area contributed by atoms with Gasteiger partial charge in [0.15, 0.2) is 0 Å². The van der Waals surface area contributed by atoms with Crippen LogP contribution in [0.25, 0.3) is 43.8 Å². The van der Waals surface area contributed by atoms with Crippen LogP contribution in [0.2, 0.25) is 13.1 Å². The molecule has 0 aliphatic heterocycles. The SMILES string of the molecule is CCc1cc2c(-c3ccccc3)cccc2[cH-]1.CCc1cc2c(-c3ccccc3)cccc2[cH-]1.C[Si]C.[F][Zr+2][F]. The third-order valence-corrected chi connectivity index (χ3v) is 6.61. The number of hydrogen-bond acceptors (Lipinski definition) is 0. The summed E-state index contributed by atoms with van der Waals surface area (Å²) in [5.74, 6) is 0. The van der Waals surface area contributed by atoms with Crippen LogP contribution in [-0.2, 0) is 37.3 Å². The molecule has 0 bridgehead atoms. The van der Waals surface area contributed by atoms with Crippen molar-refractivity contribution in [2.75, 3.05) is 0 Å². The molecular weight excluding hydrogens is 590 g/mol. The van der Waals surface area contributed by atoms with E-state index < -0.39 is 24.5 Å². The average molecular weight is 626 g/mol. The van der Waals surface area contributed by atoms with E-state index in [1.54, 1.807) is 0 Å². The van der Waals surface area contributed by atoms with Gasteiger partial charge in [0.2, 0.25) is 0 Å². The molecule has 6 aromatic rings. The van der Waals surface area contributed by atoms with E-state index in [9.17, 15) is 5.25 Å². The van der Waals surface area contributed by atoms with Gasteiger partial charge in [-0.1, -0.05) is 111 Å². The number of hydrogen-bond donors (Lipinski definition) is 0. The zero-order valence-electron chi connectivity index (χ0n) is 23.7. The molecule has 0 saturated heterocycles. The van der Waals surface area contributed by atoms with E-state index in [2.05, 4.69) is 148 Å². The first-order valence-electron chi connectivity index (χ1n) is 13.6. The minimum absolute atomic E-state index is 1.08. The van der Waals surface area contributed by atoms with Crippen molar-refractivity contribution in [2.24, 2.45) is 0 Å². The van der Waals surface area contributed by atoms with E-state index in [1.807, 2.05) is 0 Å². The predicted octanol–water partition coefficient (Wildman–Crippen LogP) is 11.2. The molecule has 0 aromatic heterocycles. The molecule has 0 nitrogen and oxygen atoms in total. The van der Waals surface area contributed by atoms with E-state index >= 15 is 0 Å². The van der Waals surface area contributed by atoms with Crippen LogP contribution in [0.4, 0.5) is 5.25 Å². The summed E-state index contributed by atoms with van der Waals surface area (Å²) in [5.41, 5.74) is 8.11. The van der Waals surface area contributed by atoms with Crippen molar-refractivity contribution in [1.82, 2.24) is 0 Å². The molecule has 0 heterocycles. The fourth-order valence-corrected chi connectivity index (χ4v) is 4.74. The van der Waals surface area contributed by atoms with Crippen LogP contribution in [0.3, 0.4) is 0 Å². The Labute approximate surface area is 254 Å². The van der Waals surface area contributed by atoms with Gasteiger partial charge >= 0.3 is 29.7 Å². The van der Waals surface area contributed by atoms with Crippen LogP contribution in [0.15, 0.2) is 121 Å². The van der Waals surface area contributed by atoms with E-state index in [4.69, 9.17) is 0 Å². The van der Waals surface area contributed by atoms with Gasteiger partial charge in [0, 0.05) is 9.52 Å². The molecule has 0 aliphatic carbocycles. The number of aryl methyl sites for hydroxylation is 2. The van der Waals surface area contributed by atoms with Gasteiger partial charge in [-0.15, -0.1) is 69.1 Å². The molecule has 0 aliphatic rings. The Morgan fingerprint density at radius 3 is 1.25 bits per heavy atom. The van der Waals surface area contributed by atoms with Gasteiger partial charge in [-0.25, -0.2) is 0 Å². The maximum absolute atomic E-state index is 9.80. The van der Waals surface area contributed by atoms with Crippen LogP contribution in [-0.4, -0.2) is 9.52 Å². The summed E-state index contributed by atoms with van der Waals surface area (Å²) in [6.45, 7) is 8.72. The van der Waals surface area contributed by atoms with E-state index in [0.717, 1.165) is 22.4 Å². The van der Waals surface area contributed by atoms with Crippen LogP contribution < -0.4 is 0 Å². The fourth-order valence-electron chi connectivity index (χ4n) is 4.74. The van der Waals surface area contributed by atoms with Crippen molar-refractivity contribution < 1.29 is 29.7 Å². The summed E-state index contributed by atoms with van der Waals surface area (Å²) in [4.78, 5) is 0. The molecule has 0 fully saturated rings. The Kier molecular flexibility index (Phi) is 13.4. The van der Waals surface area contributed by atoms with Crippen LogP contribution >= 0.6 is 0 Å². The van der Waals surface area contributed by atoms with E-state index in [0.29, 0.717) is 0 Å². The van der Waals surface area contributed by atoms with Gasteiger partial charge in [0.05, 0.1) is 0 Å². The van der Waals surface area contributed by atoms with Crippen LogP contribution in [0, 0.1) is 0 Å². The Morgan fingerprint density at radius 1 is 0.575 bits per heavy atom. The molecule has 0 amide bonds. The Hall–Kier alpha value is -2.94. The number of fused-ring (bicyclic) bond motifs is 2. The van der Waals surface area contributed by atoms with Gasteiger partial charge < -0.3 is 0 Å².